The summed E-state index contributed by atoms with van der Waals surface area (Å²) in [5, 5.41) is 5.53. The molecule has 2 aromatic carbocycles. The van der Waals surface area contributed by atoms with Gasteiger partial charge in [0.25, 0.3) is 0 Å². The third kappa shape index (κ3) is 5.12. The summed E-state index contributed by atoms with van der Waals surface area (Å²) in [6, 6.07) is 17.8. The topological polar surface area (TPSA) is 67.4 Å². The zero-order valence-corrected chi connectivity index (χ0v) is 13.9. The normalized spacial score (nSPS) is 12.8. The van der Waals surface area contributed by atoms with Gasteiger partial charge in [-0.25, -0.2) is 9.59 Å². The number of amides is 2. The van der Waals surface area contributed by atoms with Crippen LogP contribution >= 0.6 is 0 Å². The minimum absolute atomic E-state index is 0.166. The zero-order chi connectivity index (χ0) is 17.4. The summed E-state index contributed by atoms with van der Waals surface area (Å²) in [4.78, 5) is 24.2. The largest absolute Gasteiger partial charge is 0.467 e. The summed E-state index contributed by atoms with van der Waals surface area (Å²) in [5.74, 6) is -0.471. The third-order valence-electron chi connectivity index (χ3n) is 3.72. The van der Waals surface area contributed by atoms with Crippen LogP contribution in [-0.4, -0.2) is 25.2 Å². The van der Waals surface area contributed by atoms with Crippen molar-refractivity contribution in [2.24, 2.45) is 0 Å². The first-order valence-corrected chi connectivity index (χ1v) is 7.84. The number of urea groups is 1. The van der Waals surface area contributed by atoms with Gasteiger partial charge in [-0.15, -0.1) is 0 Å². The second kappa shape index (κ2) is 8.72. The Hall–Kier alpha value is -2.82. The Kier molecular flexibility index (Phi) is 6.37. The van der Waals surface area contributed by atoms with Gasteiger partial charge in [0.15, 0.2) is 0 Å². The van der Waals surface area contributed by atoms with Gasteiger partial charge in [-0.1, -0.05) is 60.7 Å². The molecule has 24 heavy (non-hydrogen) atoms. The number of esters is 1. The molecule has 0 bridgehead atoms. The predicted octanol–water partition coefficient (Wildman–Crippen LogP) is 2.83. The second-order valence-corrected chi connectivity index (χ2v) is 5.52. The van der Waals surface area contributed by atoms with Gasteiger partial charge < -0.3 is 15.4 Å². The van der Waals surface area contributed by atoms with Crippen molar-refractivity contribution in [3.8, 4) is 0 Å². The number of carbonyl (C=O) groups is 2. The fraction of sp³-hybridized carbons (Fsp3) is 0.263. The first-order valence-electron chi connectivity index (χ1n) is 7.84. The Morgan fingerprint density at radius 2 is 1.54 bits per heavy atom. The molecular formula is C19H22N2O3. The molecule has 0 saturated carbocycles. The molecule has 0 fully saturated rings. The van der Waals surface area contributed by atoms with Crippen molar-refractivity contribution >= 4 is 12.0 Å². The van der Waals surface area contributed by atoms with E-state index in [0.717, 1.165) is 11.1 Å². The Morgan fingerprint density at radius 3 is 2.12 bits per heavy atom. The molecule has 0 aromatic heterocycles. The molecule has 0 aliphatic rings. The number of nitrogens with one attached hydrogen (secondary N) is 2. The summed E-state index contributed by atoms with van der Waals surface area (Å²) < 4.78 is 4.79. The van der Waals surface area contributed by atoms with Crippen LogP contribution in [0.25, 0.3) is 0 Å². The van der Waals surface area contributed by atoms with E-state index in [1.165, 1.54) is 7.11 Å². The minimum atomic E-state index is -0.736. The maximum atomic E-state index is 12.2. The molecular weight excluding hydrogens is 304 g/mol. The van der Waals surface area contributed by atoms with Gasteiger partial charge in [-0.2, -0.15) is 0 Å². The Balaban J connectivity index is 1.98. The van der Waals surface area contributed by atoms with Crippen molar-refractivity contribution in [3.63, 3.8) is 0 Å². The van der Waals surface area contributed by atoms with E-state index in [4.69, 9.17) is 4.74 Å². The van der Waals surface area contributed by atoms with Crippen LogP contribution < -0.4 is 10.6 Å². The van der Waals surface area contributed by atoms with E-state index in [0.29, 0.717) is 6.42 Å². The van der Waals surface area contributed by atoms with Crippen molar-refractivity contribution < 1.29 is 14.3 Å². The molecule has 5 heteroatoms. The molecule has 0 aliphatic heterocycles. The number of carbonyl (C=O) groups excluding carboxylic acids is 2. The van der Waals surface area contributed by atoms with Crippen LogP contribution in [0.4, 0.5) is 4.79 Å². The fourth-order valence-electron chi connectivity index (χ4n) is 2.41. The standard InChI is InChI=1S/C19H22N2O3/c1-14(16-11-7-4-8-12-16)20-19(23)21-17(18(22)24-2)13-15-9-5-3-6-10-15/h3-12,14,17H,13H2,1-2H3,(H2,20,21,23)/t14?,17-/m1/s1. The average molecular weight is 326 g/mol. The van der Waals surface area contributed by atoms with E-state index in [1.54, 1.807) is 0 Å². The Bertz CT molecular complexity index is 659. The molecule has 2 amide bonds. The number of hydrogen-bond acceptors (Lipinski definition) is 3. The summed E-state index contributed by atoms with van der Waals surface area (Å²) in [7, 11) is 1.31. The van der Waals surface area contributed by atoms with Crippen LogP contribution in [0, 0.1) is 0 Å². The lowest BCUT2D eigenvalue weighted by atomic mass is 10.1. The smallest absolute Gasteiger partial charge is 0.328 e. The molecule has 2 rings (SSSR count). The molecule has 0 heterocycles. The van der Waals surface area contributed by atoms with Gasteiger partial charge >= 0.3 is 12.0 Å². The molecule has 2 aromatic rings. The maximum Gasteiger partial charge on any atom is 0.328 e. The van der Waals surface area contributed by atoms with Crippen molar-refractivity contribution in [2.45, 2.75) is 25.4 Å². The zero-order valence-electron chi connectivity index (χ0n) is 13.9. The van der Waals surface area contributed by atoms with E-state index < -0.39 is 18.0 Å². The van der Waals surface area contributed by atoms with Crippen LogP contribution in [0.5, 0.6) is 0 Å². The second-order valence-electron chi connectivity index (χ2n) is 5.52. The van der Waals surface area contributed by atoms with Crippen LogP contribution in [0.1, 0.15) is 24.1 Å². The molecule has 0 aliphatic carbocycles. The number of ether oxygens (including phenoxy) is 1. The average Bonchev–Trinajstić information content (AvgIpc) is 2.62. The van der Waals surface area contributed by atoms with Crippen molar-refractivity contribution in [3.05, 3.63) is 71.8 Å². The monoisotopic (exact) mass is 326 g/mol. The highest BCUT2D eigenvalue weighted by Gasteiger charge is 2.22. The molecule has 0 radical (unpaired) electrons. The van der Waals surface area contributed by atoms with E-state index in [1.807, 2.05) is 67.6 Å². The van der Waals surface area contributed by atoms with Crippen LogP contribution in [-0.2, 0) is 16.0 Å². The van der Waals surface area contributed by atoms with Crippen LogP contribution in [0.15, 0.2) is 60.7 Å². The highest BCUT2D eigenvalue weighted by atomic mass is 16.5. The number of rotatable bonds is 6. The lowest BCUT2D eigenvalue weighted by molar-refractivity contribution is -0.142. The lowest BCUT2D eigenvalue weighted by Crippen LogP contribution is -2.48. The fourth-order valence-corrected chi connectivity index (χ4v) is 2.41. The summed E-state index contributed by atoms with van der Waals surface area (Å²) in [6.45, 7) is 1.89. The minimum Gasteiger partial charge on any atom is -0.467 e. The Labute approximate surface area is 142 Å². The number of hydrogen-bond donors (Lipinski definition) is 2. The van der Waals surface area contributed by atoms with E-state index >= 15 is 0 Å². The van der Waals surface area contributed by atoms with Gasteiger partial charge in [0.2, 0.25) is 0 Å². The van der Waals surface area contributed by atoms with E-state index in [9.17, 15) is 9.59 Å². The summed E-state index contributed by atoms with van der Waals surface area (Å²) in [5.41, 5.74) is 1.94. The molecule has 126 valence electrons. The molecule has 2 N–H and O–H groups in total. The van der Waals surface area contributed by atoms with Crippen LogP contribution in [0.2, 0.25) is 0 Å². The van der Waals surface area contributed by atoms with E-state index in [2.05, 4.69) is 10.6 Å². The number of benzene rings is 2. The van der Waals surface area contributed by atoms with Crippen molar-refractivity contribution in [1.82, 2.24) is 10.6 Å². The molecule has 0 saturated heterocycles. The van der Waals surface area contributed by atoms with Crippen molar-refractivity contribution in [1.29, 1.82) is 0 Å². The van der Waals surface area contributed by atoms with Gasteiger partial charge in [0, 0.05) is 6.42 Å². The molecule has 5 nitrogen and oxygen atoms in total. The predicted molar refractivity (Wildman–Crippen MR) is 92.5 cm³/mol. The SMILES string of the molecule is COC(=O)[C@@H](Cc1ccccc1)NC(=O)NC(C)c1ccccc1. The van der Waals surface area contributed by atoms with Gasteiger partial charge in [-0.05, 0) is 18.1 Å². The summed E-state index contributed by atoms with van der Waals surface area (Å²) in [6.07, 6.45) is 0.376. The number of methoxy groups -OCH3 is 1. The molecule has 1 unspecified atom stereocenters. The van der Waals surface area contributed by atoms with Gasteiger partial charge in [-0.3, -0.25) is 0 Å². The lowest BCUT2D eigenvalue weighted by Gasteiger charge is -2.20. The Morgan fingerprint density at radius 1 is 0.958 bits per heavy atom. The van der Waals surface area contributed by atoms with Gasteiger partial charge in [0.1, 0.15) is 6.04 Å². The van der Waals surface area contributed by atoms with E-state index in [-0.39, 0.29) is 6.04 Å². The quantitative estimate of drug-likeness (QED) is 0.802. The highest BCUT2D eigenvalue weighted by Crippen LogP contribution is 2.11. The van der Waals surface area contributed by atoms with Gasteiger partial charge in [0.05, 0.1) is 13.2 Å². The summed E-state index contributed by atoms with van der Waals surface area (Å²) >= 11 is 0. The van der Waals surface area contributed by atoms with Crippen molar-refractivity contribution in [2.75, 3.05) is 7.11 Å². The maximum absolute atomic E-state index is 12.2. The first-order chi connectivity index (χ1) is 11.6. The molecule has 0 spiro atoms. The highest BCUT2D eigenvalue weighted by molar-refractivity contribution is 5.84. The molecule has 2 atom stereocenters. The third-order valence-corrected chi connectivity index (χ3v) is 3.72. The van der Waals surface area contributed by atoms with Crippen LogP contribution in [0.3, 0.4) is 0 Å². The first kappa shape index (κ1) is 17.5.